The Hall–Kier alpha value is -3.77. The first kappa shape index (κ1) is 24.9. The van der Waals surface area contributed by atoms with Gasteiger partial charge in [0.25, 0.3) is 15.9 Å². The molecule has 1 aromatic carbocycles. The van der Waals surface area contributed by atoms with E-state index in [0.29, 0.717) is 30.3 Å². The Morgan fingerprint density at radius 2 is 1.86 bits per heavy atom. The Kier molecular flexibility index (Phi) is 6.69. The first-order chi connectivity index (χ1) is 17.8. The molecule has 5 rings (SSSR count). The molecule has 0 radical (unpaired) electrons. The average molecular weight is 523 g/mol. The number of benzene rings is 1. The number of hydrogen-bond acceptors (Lipinski definition) is 8. The fraction of sp³-hybridized carbons (Fsp3) is 0.360. The van der Waals surface area contributed by atoms with Crippen LogP contribution in [0.25, 0.3) is 11.0 Å². The summed E-state index contributed by atoms with van der Waals surface area (Å²) in [6.07, 6.45) is 4.01. The van der Waals surface area contributed by atoms with Crippen molar-refractivity contribution < 1.29 is 22.8 Å². The van der Waals surface area contributed by atoms with Crippen molar-refractivity contribution in [2.24, 2.45) is 0 Å². The molecule has 12 heteroatoms. The van der Waals surface area contributed by atoms with Crippen molar-refractivity contribution in [3.63, 3.8) is 0 Å². The number of sulfonamides is 1. The highest BCUT2D eigenvalue weighted by molar-refractivity contribution is 7.89. The van der Waals surface area contributed by atoms with E-state index < -0.39 is 40.0 Å². The first-order valence-electron chi connectivity index (χ1n) is 12.1. The third kappa shape index (κ3) is 4.58. The van der Waals surface area contributed by atoms with Crippen molar-refractivity contribution in [2.75, 3.05) is 13.1 Å². The van der Waals surface area contributed by atoms with Gasteiger partial charge in [-0.05, 0) is 37.1 Å². The summed E-state index contributed by atoms with van der Waals surface area (Å²) in [6.45, 7) is 1.77. The van der Waals surface area contributed by atoms with Crippen LogP contribution in [0, 0.1) is 0 Å². The number of likely N-dealkylation sites (tertiary alicyclic amines) is 1. The SMILES string of the molecule is CCCC(NC(=O)c1cnc2ccccc2n1)C(=O)N1CCC2C1C(=O)CN2S(=O)(=O)c1ccccn1. The smallest absolute Gasteiger partial charge is 0.272 e. The largest absolute Gasteiger partial charge is 0.339 e. The van der Waals surface area contributed by atoms with Gasteiger partial charge in [0.05, 0.1) is 29.8 Å². The maximum Gasteiger partial charge on any atom is 0.272 e. The number of Topliss-reactive ketones (excluding diaryl/α,β-unsaturated/α-hetero) is 1. The second-order valence-electron chi connectivity index (χ2n) is 9.08. The lowest BCUT2D eigenvalue weighted by atomic mass is 10.1. The molecule has 0 spiro atoms. The van der Waals surface area contributed by atoms with Crippen molar-refractivity contribution in [1.82, 2.24) is 29.5 Å². The van der Waals surface area contributed by atoms with Gasteiger partial charge in [-0.1, -0.05) is 31.5 Å². The van der Waals surface area contributed by atoms with Crippen LogP contribution in [-0.4, -0.2) is 81.4 Å². The summed E-state index contributed by atoms with van der Waals surface area (Å²) in [7, 11) is -4.00. The van der Waals surface area contributed by atoms with E-state index in [9.17, 15) is 22.8 Å². The Morgan fingerprint density at radius 3 is 2.59 bits per heavy atom. The molecule has 2 aliphatic heterocycles. The zero-order valence-corrected chi connectivity index (χ0v) is 21.0. The predicted octanol–water partition coefficient (Wildman–Crippen LogP) is 1.17. The summed E-state index contributed by atoms with van der Waals surface area (Å²) in [6, 6.07) is 9.24. The lowest BCUT2D eigenvalue weighted by Gasteiger charge is -2.28. The molecular formula is C25H26N6O5S. The summed E-state index contributed by atoms with van der Waals surface area (Å²) in [5.41, 5.74) is 1.28. The number of ketones is 1. The molecular weight excluding hydrogens is 496 g/mol. The third-order valence-corrected chi connectivity index (χ3v) is 8.52. The number of carbonyl (C=O) groups is 3. The van der Waals surface area contributed by atoms with E-state index >= 15 is 0 Å². The van der Waals surface area contributed by atoms with E-state index in [-0.39, 0.29) is 29.6 Å². The van der Waals surface area contributed by atoms with Gasteiger partial charge in [-0.25, -0.2) is 18.4 Å². The van der Waals surface area contributed by atoms with Gasteiger partial charge in [0, 0.05) is 12.7 Å². The Bertz CT molecular complexity index is 1460. The van der Waals surface area contributed by atoms with Gasteiger partial charge in [0.1, 0.15) is 17.8 Å². The lowest BCUT2D eigenvalue weighted by molar-refractivity contribution is -0.138. The average Bonchev–Trinajstić information content (AvgIpc) is 3.49. The minimum absolute atomic E-state index is 0.0801. The van der Waals surface area contributed by atoms with Gasteiger partial charge in [0.2, 0.25) is 5.91 Å². The predicted molar refractivity (Wildman–Crippen MR) is 133 cm³/mol. The van der Waals surface area contributed by atoms with Gasteiger partial charge < -0.3 is 10.2 Å². The number of rotatable bonds is 7. The van der Waals surface area contributed by atoms with Crippen LogP contribution in [0.5, 0.6) is 0 Å². The van der Waals surface area contributed by atoms with E-state index in [1.165, 1.54) is 23.4 Å². The second kappa shape index (κ2) is 9.94. The molecule has 3 atom stereocenters. The fourth-order valence-corrected chi connectivity index (χ4v) is 6.56. The second-order valence-corrected chi connectivity index (χ2v) is 10.9. The quantitative estimate of drug-likeness (QED) is 0.487. The standard InChI is InChI=1S/C25H26N6O5S/c1-2-7-18(29-24(33)19-14-27-16-8-3-4-9-17(16)28-19)25(34)30-13-11-20-23(30)21(32)15-31(20)37(35,36)22-10-5-6-12-26-22/h3-6,8-10,12,14,18,20,23H,2,7,11,13,15H2,1H3,(H,29,33). The first-order valence-corrected chi connectivity index (χ1v) is 13.5. The number of hydrogen-bond donors (Lipinski definition) is 1. The molecule has 0 bridgehead atoms. The van der Waals surface area contributed by atoms with Crippen molar-refractivity contribution in [1.29, 1.82) is 0 Å². The van der Waals surface area contributed by atoms with Crippen LogP contribution >= 0.6 is 0 Å². The van der Waals surface area contributed by atoms with Crippen LogP contribution in [0.2, 0.25) is 0 Å². The highest BCUT2D eigenvalue weighted by Gasteiger charge is 2.54. The maximum absolute atomic E-state index is 13.6. The van der Waals surface area contributed by atoms with Crippen LogP contribution in [0.1, 0.15) is 36.7 Å². The highest BCUT2D eigenvalue weighted by atomic mass is 32.2. The van der Waals surface area contributed by atoms with Crippen LogP contribution in [0.3, 0.4) is 0 Å². The molecule has 3 unspecified atom stereocenters. The number of para-hydroxylation sites is 2. The molecule has 3 aromatic rings. The van der Waals surface area contributed by atoms with Gasteiger partial charge >= 0.3 is 0 Å². The van der Waals surface area contributed by atoms with Crippen molar-refractivity contribution in [3.8, 4) is 0 Å². The Balaban J connectivity index is 1.34. The van der Waals surface area contributed by atoms with Gasteiger partial charge in [-0.2, -0.15) is 4.31 Å². The van der Waals surface area contributed by atoms with Crippen molar-refractivity contribution >= 4 is 38.7 Å². The number of carbonyl (C=O) groups excluding carboxylic acids is 3. The molecule has 4 heterocycles. The highest BCUT2D eigenvalue weighted by Crippen LogP contribution is 2.34. The third-order valence-electron chi connectivity index (χ3n) is 6.73. The minimum Gasteiger partial charge on any atom is -0.339 e. The number of fused-ring (bicyclic) bond motifs is 2. The minimum atomic E-state index is -4.00. The summed E-state index contributed by atoms with van der Waals surface area (Å²) < 4.78 is 27.5. The van der Waals surface area contributed by atoms with Crippen LogP contribution < -0.4 is 5.32 Å². The Morgan fingerprint density at radius 1 is 1.11 bits per heavy atom. The summed E-state index contributed by atoms with van der Waals surface area (Å²) in [5, 5.41) is 2.61. The fourth-order valence-electron chi connectivity index (χ4n) is 5.01. The van der Waals surface area contributed by atoms with E-state index in [1.54, 1.807) is 30.3 Å². The van der Waals surface area contributed by atoms with E-state index in [4.69, 9.17) is 0 Å². The summed E-state index contributed by atoms with van der Waals surface area (Å²) >= 11 is 0. The lowest BCUT2D eigenvalue weighted by Crippen LogP contribution is -2.52. The summed E-state index contributed by atoms with van der Waals surface area (Å²) in [5.74, 6) is -1.31. The van der Waals surface area contributed by atoms with Gasteiger partial charge in [-0.3, -0.25) is 19.4 Å². The molecule has 192 valence electrons. The van der Waals surface area contributed by atoms with E-state index in [2.05, 4.69) is 20.3 Å². The molecule has 1 N–H and O–H groups in total. The normalized spacial score (nSPS) is 20.7. The van der Waals surface area contributed by atoms with Gasteiger partial charge in [0.15, 0.2) is 10.8 Å². The molecule has 2 fully saturated rings. The van der Waals surface area contributed by atoms with E-state index in [0.717, 1.165) is 4.31 Å². The van der Waals surface area contributed by atoms with Crippen molar-refractivity contribution in [2.45, 2.75) is 49.3 Å². The van der Waals surface area contributed by atoms with Crippen LogP contribution in [-0.2, 0) is 19.6 Å². The molecule has 0 saturated carbocycles. The van der Waals surface area contributed by atoms with Crippen LogP contribution in [0.15, 0.2) is 59.9 Å². The number of amides is 2. The number of pyridine rings is 1. The number of aromatic nitrogens is 3. The molecule has 37 heavy (non-hydrogen) atoms. The van der Waals surface area contributed by atoms with Crippen LogP contribution in [0.4, 0.5) is 0 Å². The van der Waals surface area contributed by atoms with E-state index in [1.807, 2.05) is 13.0 Å². The van der Waals surface area contributed by atoms with Crippen molar-refractivity contribution in [3.05, 3.63) is 60.6 Å². The molecule has 2 aliphatic rings. The molecule has 0 aliphatic carbocycles. The molecule has 2 amide bonds. The topological polar surface area (TPSA) is 143 Å². The number of nitrogens with zero attached hydrogens (tertiary/aromatic N) is 5. The molecule has 2 aromatic heterocycles. The number of nitrogens with one attached hydrogen (secondary N) is 1. The molecule has 2 saturated heterocycles. The Labute approximate surface area is 214 Å². The van der Waals surface area contributed by atoms with Gasteiger partial charge in [-0.15, -0.1) is 0 Å². The zero-order chi connectivity index (χ0) is 26.2. The zero-order valence-electron chi connectivity index (χ0n) is 20.1. The maximum atomic E-state index is 13.6. The summed E-state index contributed by atoms with van der Waals surface area (Å²) in [4.78, 5) is 53.5. The molecule has 11 nitrogen and oxygen atoms in total. The monoisotopic (exact) mass is 522 g/mol.